The van der Waals surface area contributed by atoms with Gasteiger partial charge in [-0.1, -0.05) is 60.1 Å². The number of hydrogen-bond donors (Lipinski definition) is 1. The summed E-state index contributed by atoms with van der Waals surface area (Å²) in [7, 11) is -4.13. The van der Waals surface area contributed by atoms with E-state index in [2.05, 4.69) is 5.32 Å². The summed E-state index contributed by atoms with van der Waals surface area (Å²) in [5.74, 6) is -0.832. The van der Waals surface area contributed by atoms with Gasteiger partial charge in [-0.3, -0.25) is 13.9 Å². The number of likely N-dealkylation sites (N-methyl/N-ethyl adjacent to an activating group) is 1. The van der Waals surface area contributed by atoms with Gasteiger partial charge in [-0.05, 0) is 68.7 Å². The van der Waals surface area contributed by atoms with E-state index < -0.39 is 28.5 Å². The average Bonchev–Trinajstić information content (AvgIpc) is 2.88. The van der Waals surface area contributed by atoms with Crippen LogP contribution in [0.3, 0.4) is 0 Å². The third-order valence-corrected chi connectivity index (χ3v) is 8.18. The lowest BCUT2D eigenvalue weighted by Gasteiger charge is -2.32. The molecule has 3 aromatic rings. The first-order valence-corrected chi connectivity index (χ1v) is 13.8. The largest absolute Gasteiger partial charge is 0.355 e. The number of nitrogens with one attached hydrogen (secondary N) is 1. The van der Waals surface area contributed by atoms with Crippen molar-refractivity contribution in [2.45, 2.75) is 45.2 Å². The monoisotopic (exact) mass is 541 g/mol. The predicted molar refractivity (Wildman–Crippen MR) is 147 cm³/mol. The quantitative estimate of drug-likeness (QED) is 0.403. The molecule has 0 bridgehead atoms. The molecule has 1 atom stereocenters. The van der Waals surface area contributed by atoms with Crippen molar-refractivity contribution < 1.29 is 18.0 Å². The number of amides is 2. The van der Waals surface area contributed by atoms with Gasteiger partial charge in [-0.25, -0.2) is 8.42 Å². The van der Waals surface area contributed by atoms with E-state index >= 15 is 0 Å². The van der Waals surface area contributed by atoms with Crippen molar-refractivity contribution in [3.8, 4) is 0 Å². The third-order valence-electron chi connectivity index (χ3n) is 6.17. The molecule has 0 spiro atoms. The Morgan fingerprint density at radius 3 is 2.24 bits per heavy atom. The summed E-state index contributed by atoms with van der Waals surface area (Å²) < 4.78 is 28.7. The summed E-state index contributed by atoms with van der Waals surface area (Å²) in [4.78, 5) is 28.1. The molecule has 196 valence electrons. The first-order chi connectivity index (χ1) is 17.6. The highest BCUT2D eigenvalue weighted by molar-refractivity contribution is 7.92. The Labute approximate surface area is 224 Å². The SMILES string of the molecule is CCNC(=O)C(C)N(Cc1ccccc1C)C(=O)CN(c1cc(Cl)ccc1C)S(=O)(=O)c1ccccc1. The van der Waals surface area contributed by atoms with Crippen molar-refractivity contribution in [1.82, 2.24) is 10.2 Å². The van der Waals surface area contributed by atoms with Crippen LogP contribution in [-0.2, 0) is 26.2 Å². The lowest BCUT2D eigenvalue weighted by Crippen LogP contribution is -2.51. The molecule has 0 heterocycles. The molecule has 3 rings (SSSR count). The second kappa shape index (κ2) is 12.3. The number of aryl methyl sites for hydroxylation is 2. The fraction of sp³-hybridized carbons (Fsp3) is 0.286. The summed E-state index contributed by atoms with van der Waals surface area (Å²) in [6.45, 7) is 7.18. The van der Waals surface area contributed by atoms with Crippen molar-refractivity contribution >= 4 is 39.1 Å². The highest BCUT2D eigenvalue weighted by atomic mass is 35.5. The minimum absolute atomic E-state index is 0.0457. The van der Waals surface area contributed by atoms with Gasteiger partial charge in [0.1, 0.15) is 12.6 Å². The van der Waals surface area contributed by atoms with Crippen LogP contribution in [-0.4, -0.2) is 44.3 Å². The maximum atomic E-state index is 13.9. The molecule has 1 unspecified atom stereocenters. The number of benzene rings is 3. The molecular formula is C28H32ClN3O4S. The Morgan fingerprint density at radius 1 is 0.946 bits per heavy atom. The molecule has 0 fully saturated rings. The van der Waals surface area contributed by atoms with Gasteiger partial charge in [-0.2, -0.15) is 0 Å². The van der Waals surface area contributed by atoms with E-state index in [9.17, 15) is 18.0 Å². The fourth-order valence-electron chi connectivity index (χ4n) is 3.96. The first-order valence-electron chi connectivity index (χ1n) is 12.0. The number of anilines is 1. The van der Waals surface area contributed by atoms with Gasteiger partial charge in [0.05, 0.1) is 10.6 Å². The van der Waals surface area contributed by atoms with Crippen LogP contribution in [0.25, 0.3) is 0 Å². The van der Waals surface area contributed by atoms with E-state index in [4.69, 9.17) is 11.6 Å². The van der Waals surface area contributed by atoms with Crippen LogP contribution in [0.5, 0.6) is 0 Å². The standard InChI is InChI=1S/C28H32ClN3O4S/c1-5-30-28(34)22(4)31(18-23-12-10-9-11-20(23)2)27(33)19-32(26-17-24(29)16-15-21(26)3)37(35,36)25-13-7-6-8-14-25/h6-17,22H,5,18-19H2,1-4H3,(H,30,34). The molecule has 0 saturated carbocycles. The van der Waals surface area contributed by atoms with Crippen molar-refractivity contribution in [2.24, 2.45) is 0 Å². The molecule has 9 heteroatoms. The first kappa shape index (κ1) is 28.2. The van der Waals surface area contributed by atoms with Gasteiger partial charge in [0.15, 0.2) is 0 Å². The maximum absolute atomic E-state index is 13.9. The molecule has 0 aliphatic heterocycles. The predicted octanol–water partition coefficient (Wildman–Crippen LogP) is 4.71. The lowest BCUT2D eigenvalue weighted by molar-refractivity contribution is -0.139. The van der Waals surface area contributed by atoms with Crippen molar-refractivity contribution in [2.75, 3.05) is 17.4 Å². The van der Waals surface area contributed by atoms with Crippen molar-refractivity contribution in [1.29, 1.82) is 0 Å². The zero-order valence-corrected chi connectivity index (χ0v) is 23.0. The summed E-state index contributed by atoms with van der Waals surface area (Å²) >= 11 is 6.24. The molecule has 1 N–H and O–H groups in total. The number of sulfonamides is 1. The lowest BCUT2D eigenvalue weighted by atomic mass is 10.1. The van der Waals surface area contributed by atoms with E-state index in [-0.39, 0.29) is 17.3 Å². The summed E-state index contributed by atoms with van der Waals surface area (Å²) in [5, 5.41) is 3.10. The number of nitrogens with zero attached hydrogens (tertiary/aromatic N) is 2. The summed E-state index contributed by atoms with van der Waals surface area (Å²) in [6.07, 6.45) is 0. The number of halogens is 1. The second-order valence-corrected chi connectivity index (χ2v) is 11.1. The van der Waals surface area contributed by atoms with Crippen LogP contribution in [0.1, 0.15) is 30.5 Å². The molecule has 2 amide bonds. The van der Waals surface area contributed by atoms with Gasteiger partial charge < -0.3 is 10.2 Å². The van der Waals surface area contributed by atoms with Gasteiger partial charge in [0.2, 0.25) is 11.8 Å². The number of rotatable bonds is 10. The molecule has 7 nitrogen and oxygen atoms in total. The zero-order chi connectivity index (χ0) is 27.2. The molecule has 3 aromatic carbocycles. The van der Waals surface area contributed by atoms with Gasteiger partial charge >= 0.3 is 0 Å². The van der Waals surface area contributed by atoms with Crippen molar-refractivity contribution in [3.63, 3.8) is 0 Å². The second-order valence-electron chi connectivity index (χ2n) is 8.77. The maximum Gasteiger partial charge on any atom is 0.264 e. The topological polar surface area (TPSA) is 86.8 Å². The van der Waals surface area contributed by atoms with Crippen LogP contribution >= 0.6 is 11.6 Å². The van der Waals surface area contributed by atoms with E-state index in [0.29, 0.717) is 22.8 Å². The van der Waals surface area contributed by atoms with Crippen LogP contribution in [0, 0.1) is 13.8 Å². The third kappa shape index (κ3) is 6.70. The minimum Gasteiger partial charge on any atom is -0.355 e. The van der Waals surface area contributed by atoms with Crippen LogP contribution < -0.4 is 9.62 Å². The summed E-state index contributed by atoms with van der Waals surface area (Å²) in [5.41, 5.74) is 2.76. The molecule has 0 aliphatic rings. The number of hydrogen-bond acceptors (Lipinski definition) is 4. The van der Waals surface area contributed by atoms with Gasteiger partial charge in [0, 0.05) is 18.1 Å². The summed E-state index contributed by atoms with van der Waals surface area (Å²) in [6, 6.07) is 19.6. The fourth-order valence-corrected chi connectivity index (χ4v) is 5.62. The Bertz CT molecular complexity index is 1360. The van der Waals surface area contributed by atoms with Crippen molar-refractivity contribution in [3.05, 3.63) is 94.5 Å². The van der Waals surface area contributed by atoms with E-state index in [1.165, 1.54) is 23.1 Å². The highest BCUT2D eigenvalue weighted by Gasteiger charge is 2.33. The molecule has 0 radical (unpaired) electrons. The smallest absolute Gasteiger partial charge is 0.264 e. The van der Waals surface area contributed by atoms with Gasteiger partial charge in [-0.15, -0.1) is 0 Å². The Kier molecular flexibility index (Phi) is 9.34. The molecular weight excluding hydrogens is 510 g/mol. The van der Waals surface area contributed by atoms with Crippen LogP contribution in [0.2, 0.25) is 5.02 Å². The Morgan fingerprint density at radius 2 is 1.59 bits per heavy atom. The van der Waals surface area contributed by atoms with Gasteiger partial charge in [0.25, 0.3) is 10.0 Å². The number of carbonyl (C=O) groups is 2. The Balaban J connectivity index is 2.07. The van der Waals surface area contributed by atoms with Crippen LogP contribution in [0.15, 0.2) is 77.7 Å². The van der Waals surface area contributed by atoms with E-state index in [0.717, 1.165) is 15.4 Å². The Hall–Kier alpha value is -3.36. The molecule has 37 heavy (non-hydrogen) atoms. The van der Waals surface area contributed by atoms with Crippen LogP contribution in [0.4, 0.5) is 5.69 Å². The number of carbonyl (C=O) groups excluding carboxylic acids is 2. The normalized spacial score (nSPS) is 12.0. The van der Waals surface area contributed by atoms with E-state index in [1.54, 1.807) is 51.1 Å². The molecule has 0 saturated heterocycles. The van der Waals surface area contributed by atoms with E-state index in [1.807, 2.05) is 31.2 Å². The molecule has 0 aliphatic carbocycles. The highest BCUT2D eigenvalue weighted by Crippen LogP contribution is 2.30. The zero-order valence-electron chi connectivity index (χ0n) is 21.4. The molecule has 0 aromatic heterocycles. The minimum atomic E-state index is -4.13. The average molecular weight is 542 g/mol.